The molecule has 2 N–H and O–H groups in total. The van der Waals surface area contributed by atoms with Gasteiger partial charge >= 0.3 is 11.5 Å². The fourth-order valence-electron chi connectivity index (χ4n) is 4.28. The number of carbonyl (C=O) groups is 3. The van der Waals surface area contributed by atoms with E-state index in [0.717, 1.165) is 23.1 Å². The van der Waals surface area contributed by atoms with Gasteiger partial charge in [-0.05, 0) is 79.9 Å². The molecule has 0 saturated heterocycles. The highest BCUT2D eigenvalue weighted by Crippen LogP contribution is 2.37. The van der Waals surface area contributed by atoms with Gasteiger partial charge in [-0.25, -0.2) is 4.79 Å². The number of allylic oxidation sites excluding steroid dienone is 1. The lowest BCUT2D eigenvalue weighted by molar-refractivity contribution is -0.117. The second-order valence-electron chi connectivity index (χ2n) is 8.92. The molecule has 0 saturated carbocycles. The first kappa shape index (κ1) is 28.3. The van der Waals surface area contributed by atoms with Crippen molar-refractivity contribution in [2.75, 3.05) is 5.32 Å². The number of urea groups is 1. The number of halogens is 3. The minimum absolute atomic E-state index is 0.0316. The minimum atomic E-state index is -4.37. The molecule has 3 rings (SSSR count). The first-order valence-corrected chi connectivity index (χ1v) is 12.8. The van der Waals surface area contributed by atoms with Crippen LogP contribution >= 0.6 is 11.8 Å². The maximum absolute atomic E-state index is 13.1. The Kier molecular flexibility index (Phi) is 9.42. The minimum Gasteiger partial charge on any atom is -0.334 e. The number of anilines is 1. The predicted octanol–water partition coefficient (Wildman–Crippen LogP) is 6.67. The van der Waals surface area contributed by atoms with Crippen molar-refractivity contribution in [1.29, 1.82) is 0 Å². The quantitative estimate of drug-likeness (QED) is 0.264. The first-order valence-electron chi connectivity index (χ1n) is 12.0. The number of ketones is 1. The van der Waals surface area contributed by atoms with Crippen molar-refractivity contribution in [3.63, 3.8) is 0 Å². The summed E-state index contributed by atoms with van der Waals surface area (Å²) < 4.78 is 37.4. The van der Waals surface area contributed by atoms with Gasteiger partial charge in [0.25, 0.3) is 5.91 Å². The molecule has 2 aromatic rings. The average Bonchev–Trinajstić information content (AvgIpc) is 3.13. The van der Waals surface area contributed by atoms with Crippen molar-refractivity contribution < 1.29 is 27.6 Å². The number of nitrogens with one attached hydrogen (secondary N) is 2. The molecular weight excluding hydrogens is 503 g/mol. The third-order valence-electron chi connectivity index (χ3n) is 6.00. The predicted molar refractivity (Wildman–Crippen MR) is 138 cm³/mol. The number of fused-ring (bicyclic) bond motifs is 1. The summed E-state index contributed by atoms with van der Waals surface area (Å²) in [6.07, 6.45) is 3.89. The topological polar surface area (TPSA) is 78.5 Å². The Hall–Kier alpha value is -3.27. The van der Waals surface area contributed by atoms with Gasteiger partial charge in [-0.3, -0.25) is 4.79 Å². The number of hydrogen-bond donors (Lipinski definition) is 2. The van der Waals surface area contributed by atoms with Crippen molar-refractivity contribution in [2.45, 2.75) is 69.6 Å². The average molecular weight is 534 g/mol. The molecule has 1 unspecified atom stereocenters. The monoisotopic (exact) mass is 533 g/mol. The second kappa shape index (κ2) is 12.3. The van der Waals surface area contributed by atoms with Crippen LogP contribution in [0.3, 0.4) is 0 Å². The van der Waals surface area contributed by atoms with Crippen LogP contribution in [0.15, 0.2) is 59.0 Å². The van der Waals surface area contributed by atoms with Gasteiger partial charge in [0, 0.05) is 35.7 Å². The first-order chi connectivity index (χ1) is 17.5. The molecule has 198 valence electrons. The van der Waals surface area contributed by atoms with E-state index in [1.165, 1.54) is 24.3 Å². The fourth-order valence-corrected chi connectivity index (χ4v) is 4.82. The molecule has 1 aliphatic rings. The Morgan fingerprint density at radius 1 is 1.14 bits per heavy atom. The summed E-state index contributed by atoms with van der Waals surface area (Å²) in [7, 11) is 0. The number of hydrogen-bond acceptors (Lipinski definition) is 4. The van der Waals surface area contributed by atoms with Gasteiger partial charge in [0.1, 0.15) is 5.78 Å². The van der Waals surface area contributed by atoms with E-state index in [1.54, 1.807) is 24.0 Å². The standard InChI is InChI=1S/C27H30F3N3O3S/c1-4-5-17(2)24(13-6-18(3)34)33-16-20-14-19(7-12-23(20)25(33)35)15-31-26(36)32-21-8-10-22(11-9-21)37-27(28,29)30/h5,7-12,14,24H,4,6,13,15-16H2,1-3H3,(H2,31,32,36)/b17-5+. The van der Waals surface area contributed by atoms with E-state index in [-0.39, 0.29) is 40.9 Å². The van der Waals surface area contributed by atoms with E-state index in [1.807, 2.05) is 19.9 Å². The number of amides is 3. The van der Waals surface area contributed by atoms with Crippen LogP contribution in [0.5, 0.6) is 0 Å². The molecule has 10 heteroatoms. The zero-order chi connectivity index (χ0) is 27.2. The summed E-state index contributed by atoms with van der Waals surface area (Å²) in [5.74, 6) is 0.0121. The number of rotatable bonds is 10. The highest BCUT2D eigenvalue weighted by atomic mass is 32.2. The maximum Gasteiger partial charge on any atom is 0.446 e. The highest BCUT2D eigenvalue weighted by molar-refractivity contribution is 8.00. The summed E-state index contributed by atoms with van der Waals surface area (Å²) in [5.41, 5.74) is -0.659. The number of carbonyl (C=O) groups excluding carboxylic acids is 3. The highest BCUT2D eigenvalue weighted by Gasteiger charge is 2.33. The largest absolute Gasteiger partial charge is 0.446 e. The Morgan fingerprint density at radius 2 is 1.84 bits per heavy atom. The van der Waals surface area contributed by atoms with E-state index < -0.39 is 11.5 Å². The van der Waals surface area contributed by atoms with Crippen LogP contribution in [0.4, 0.5) is 23.7 Å². The molecule has 3 amide bonds. The summed E-state index contributed by atoms with van der Waals surface area (Å²) in [4.78, 5) is 38.9. The number of nitrogens with zero attached hydrogens (tertiary/aromatic N) is 1. The number of thioether (sulfide) groups is 1. The van der Waals surface area contributed by atoms with Crippen LogP contribution < -0.4 is 10.6 Å². The molecule has 0 bridgehead atoms. The van der Waals surface area contributed by atoms with Crippen LogP contribution in [0, 0.1) is 0 Å². The van der Waals surface area contributed by atoms with Gasteiger partial charge in [0.2, 0.25) is 0 Å². The molecule has 6 nitrogen and oxygen atoms in total. The van der Waals surface area contributed by atoms with Crippen LogP contribution in [0.2, 0.25) is 0 Å². The van der Waals surface area contributed by atoms with E-state index in [0.29, 0.717) is 30.6 Å². The van der Waals surface area contributed by atoms with Crippen molar-refractivity contribution in [2.24, 2.45) is 0 Å². The Balaban J connectivity index is 1.61. The molecule has 1 heterocycles. The third kappa shape index (κ3) is 8.11. The van der Waals surface area contributed by atoms with Gasteiger partial charge < -0.3 is 20.3 Å². The lowest BCUT2D eigenvalue weighted by Crippen LogP contribution is -2.36. The number of alkyl halides is 3. The molecular formula is C27H30F3N3O3S. The molecule has 0 radical (unpaired) electrons. The Labute approximate surface area is 218 Å². The molecule has 0 aliphatic carbocycles. The van der Waals surface area contributed by atoms with Gasteiger partial charge in [-0.2, -0.15) is 13.2 Å². The van der Waals surface area contributed by atoms with Crippen molar-refractivity contribution in [1.82, 2.24) is 10.2 Å². The van der Waals surface area contributed by atoms with Crippen molar-refractivity contribution in [3.05, 3.63) is 70.8 Å². The second-order valence-corrected chi connectivity index (χ2v) is 10.1. The summed E-state index contributed by atoms with van der Waals surface area (Å²) >= 11 is -0.219. The normalized spacial score (nSPS) is 14.4. The molecule has 37 heavy (non-hydrogen) atoms. The lowest BCUT2D eigenvalue weighted by atomic mass is 9.99. The van der Waals surface area contributed by atoms with Gasteiger partial charge in [-0.1, -0.05) is 30.7 Å². The summed E-state index contributed by atoms with van der Waals surface area (Å²) in [6, 6.07) is 10.2. The smallest absolute Gasteiger partial charge is 0.334 e. The van der Waals surface area contributed by atoms with Gasteiger partial charge in [-0.15, -0.1) is 0 Å². The van der Waals surface area contributed by atoms with Crippen LogP contribution in [0.25, 0.3) is 0 Å². The number of benzene rings is 2. The third-order valence-corrected chi connectivity index (χ3v) is 6.74. The lowest BCUT2D eigenvalue weighted by Gasteiger charge is -2.28. The van der Waals surface area contributed by atoms with Crippen LogP contribution in [0.1, 0.15) is 61.5 Å². The van der Waals surface area contributed by atoms with E-state index in [2.05, 4.69) is 16.7 Å². The van der Waals surface area contributed by atoms with E-state index >= 15 is 0 Å². The van der Waals surface area contributed by atoms with E-state index in [9.17, 15) is 27.6 Å². The SMILES string of the molecule is CC/C=C(\C)C(CCC(C)=O)N1Cc2cc(CNC(=O)Nc3ccc(SC(F)(F)F)cc3)ccc2C1=O. The zero-order valence-electron chi connectivity index (χ0n) is 20.9. The summed E-state index contributed by atoms with van der Waals surface area (Å²) in [6.45, 7) is 6.20. The van der Waals surface area contributed by atoms with Crippen LogP contribution in [-0.2, 0) is 17.9 Å². The fraction of sp³-hybridized carbons (Fsp3) is 0.370. The molecule has 2 aromatic carbocycles. The molecule has 0 fully saturated rings. The van der Waals surface area contributed by atoms with Crippen molar-refractivity contribution in [3.8, 4) is 0 Å². The summed E-state index contributed by atoms with van der Waals surface area (Å²) in [5, 5.41) is 5.32. The molecule has 0 aromatic heterocycles. The molecule has 1 atom stereocenters. The van der Waals surface area contributed by atoms with Gasteiger partial charge in [0.15, 0.2) is 0 Å². The van der Waals surface area contributed by atoms with Gasteiger partial charge in [0.05, 0.1) is 6.04 Å². The van der Waals surface area contributed by atoms with Crippen LogP contribution in [-0.4, -0.2) is 34.2 Å². The maximum atomic E-state index is 13.1. The zero-order valence-corrected chi connectivity index (χ0v) is 21.8. The Morgan fingerprint density at radius 3 is 2.46 bits per heavy atom. The molecule has 0 spiro atoms. The van der Waals surface area contributed by atoms with E-state index in [4.69, 9.17) is 0 Å². The molecule has 1 aliphatic heterocycles. The Bertz CT molecular complexity index is 1180. The van der Waals surface area contributed by atoms with Crippen molar-refractivity contribution >= 4 is 35.2 Å². The number of Topliss-reactive ketones (excluding diaryl/α,β-unsaturated/α-hetero) is 1.